The summed E-state index contributed by atoms with van der Waals surface area (Å²) in [7, 11) is 0. The van der Waals surface area contributed by atoms with E-state index in [1.807, 2.05) is 18.2 Å². The Kier molecular flexibility index (Phi) is 2.11. The second-order valence-corrected chi connectivity index (χ2v) is 4.17. The minimum absolute atomic E-state index is 0.257. The molecule has 0 atom stereocenters. The van der Waals surface area contributed by atoms with Gasteiger partial charge in [0.15, 0.2) is 0 Å². The van der Waals surface area contributed by atoms with Crippen molar-refractivity contribution >= 4 is 10.9 Å². The number of aromatic amines is 1. The van der Waals surface area contributed by atoms with Crippen molar-refractivity contribution in [3.05, 3.63) is 48.0 Å². The molecule has 3 rings (SSSR count). The van der Waals surface area contributed by atoms with Gasteiger partial charge in [-0.3, -0.25) is 5.10 Å². The van der Waals surface area contributed by atoms with Crippen LogP contribution in [0.1, 0.15) is 5.56 Å². The maximum Gasteiger partial charge on any atom is 0.116 e. The SMILES string of the molecule is Cc1cccc(-c2n[nH]c3ccc(O)cc23)c1. The van der Waals surface area contributed by atoms with E-state index >= 15 is 0 Å². The molecular formula is C14H12N2O. The number of phenolic OH excluding ortho intramolecular Hbond substituents is 1. The molecule has 0 fully saturated rings. The molecule has 0 saturated carbocycles. The summed E-state index contributed by atoms with van der Waals surface area (Å²) < 4.78 is 0. The first-order valence-electron chi connectivity index (χ1n) is 5.48. The molecular weight excluding hydrogens is 212 g/mol. The molecule has 0 aliphatic rings. The van der Waals surface area contributed by atoms with Gasteiger partial charge in [-0.15, -0.1) is 0 Å². The van der Waals surface area contributed by atoms with E-state index in [9.17, 15) is 5.11 Å². The van der Waals surface area contributed by atoms with Crippen molar-refractivity contribution in [3.63, 3.8) is 0 Å². The van der Waals surface area contributed by atoms with Gasteiger partial charge in [-0.2, -0.15) is 5.10 Å². The number of rotatable bonds is 1. The van der Waals surface area contributed by atoms with Crippen LogP contribution in [0, 0.1) is 6.92 Å². The predicted molar refractivity (Wildman–Crippen MR) is 67.9 cm³/mol. The summed E-state index contributed by atoms with van der Waals surface area (Å²) in [6.07, 6.45) is 0. The third-order valence-corrected chi connectivity index (χ3v) is 2.84. The van der Waals surface area contributed by atoms with Crippen LogP contribution < -0.4 is 0 Å². The lowest BCUT2D eigenvalue weighted by Crippen LogP contribution is -1.80. The van der Waals surface area contributed by atoms with Gasteiger partial charge in [-0.05, 0) is 31.2 Å². The fourth-order valence-electron chi connectivity index (χ4n) is 2.01. The number of aryl methyl sites for hydroxylation is 1. The number of aromatic hydroxyl groups is 1. The van der Waals surface area contributed by atoms with Crippen molar-refractivity contribution in [3.8, 4) is 17.0 Å². The summed E-state index contributed by atoms with van der Waals surface area (Å²) >= 11 is 0. The molecule has 3 heteroatoms. The van der Waals surface area contributed by atoms with Gasteiger partial charge in [-0.25, -0.2) is 0 Å². The van der Waals surface area contributed by atoms with Crippen LogP contribution in [0.5, 0.6) is 5.75 Å². The average molecular weight is 224 g/mol. The molecule has 0 radical (unpaired) electrons. The topological polar surface area (TPSA) is 48.9 Å². The molecule has 17 heavy (non-hydrogen) atoms. The van der Waals surface area contributed by atoms with E-state index in [4.69, 9.17) is 0 Å². The molecule has 3 aromatic rings. The Morgan fingerprint density at radius 1 is 1.12 bits per heavy atom. The zero-order valence-electron chi connectivity index (χ0n) is 9.44. The van der Waals surface area contributed by atoms with Crippen LogP contribution in [-0.2, 0) is 0 Å². The Morgan fingerprint density at radius 2 is 2.00 bits per heavy atom. The number of nitrogens with one attached hydrogen (secondary N) is 1. The van der Waals surface area contributed by atoms with Crippen LogP contribution in [0.15, 0.2) is 42.5 Å². The van der Waals surface area contributed by atoms with Gasteiger partial charge in [0, 0.05) is 10.9 Å². The predicted octanol–water partition coefficient (Wildman–Crippen LogP) is 3.24. The van der Waals surface area contributed by atoms with Crippen molar-refractivity contribution in [1.82, 2.24) is 10.2 Å². The Bertz CT molecular complexity index is 686. The number of fused-ring (bicyclic) bond motifs is 1. The molecule has 3 nitrogen and oxygen atoms in total. The summed E-state index contributed by atoms with van der Waals surface area (Å²) in [5.41, 5.74) is 4.06. The van der Waals surface area contributed by atoms with Gasteiger partial charge in [0.2, 0.25) is 0 Å². The molecule has 0 aliphatic heterocycles. The molecule has 0 saturated heterocycles. The number of aromatic nitrogens is 2. The highest BCUT2D eigenvalue weighted by Crippen LogP contribution is 2.28. The van der Waals surface area contributed by atoms with Gasteiger partial charge < -0.3 is 5.11 Å². The highest BCUT2D eigenvalue weighted by atomic mass is 16.3. The molecule has 0 bridgehead atoms. The monoisotopic (exact) mass is 224 g/mol. The van der Waals surface area contributed by atoms with Crippen molar-refractivity contribution in [2.75, 3.05) is 0 Å². The van der Waals surface area contributed by atoms with Crippen LogP contribution in [0.25, 0.3) is 22.2 Å². The molecule has 1 aromatic heterocycles. The van der Waals surface area contributed by atoms with Gasteiger partial charge in [0.1, 0.15) is 11.4 Å². The Balaban J connectivity index is 2.27. The fourth-order valence-corrected chi connectivity index (χ4v) is 2.01. The molecule has 1 heterocycles. The number of phenols is 1. The minimum atomic E-state index is 0.257. The standard InChI is InChI=1S/C14H12N2O/c1-9-3-2-4-10(7-9)14-12-8-11(17)5-6-13(12)15-16-14/h2-8,17H,1H3,(H,15,16). The molecule has 2 N–H and O–H groups in total. The molecule has 0 spiro atoms. The lowest BCUT2D eigenvalue weighted by Gasteiger charge is -1.99. The second kappa shape index (κ2) is 3.63. The third-order valence-electron chi connectivity index (χ3n) is 2.84. The number of H-pyrrole nitrogens is 1. The van der Waals surface area contributed by atoms with Crippen LogP contribution in [-0.4, -0.2) is 15.3 Å². The molecule has 0 aliphatic carbocycles. The summed E-state index contributed by atoms with van der Waals surface area (Å²) in [6.45, 7) is 2.05. The van der Waals surface area contributed by atoms with E-state index in [1.54, 1.807) is 12.1 Å². The first kappa shape index (κ1) is 9.90. The zero-order valence-corrected chi connectivity index (χ0v) is 9.44. The summed E-state index contributed by atoms with van der Waals surface area (Å²) in [5, 5.41) is 17.8. The number of hydrogen-bond donors (Lipinski definition) is 2. The van der Waals surface area contributed by atoms with Crippen LogP contribution in [0.2, 0.25) is 0 Å². The lowest BCUT2D eigenvalue weighted by molar-refractivity contribution is 0.476. The largest absolute Gasteiger partial charge is 0.508 e. The number of nitrogens with zero attached hydrogens (tertiary/aromatic N) is 1. The first-order valence-corrected chi connectivity index (χ1v) is 5.48. The van der Waals surface area contributed by atoms with Gasteiger partial charge in [0.25, 0.3) is 0 Å². The molecule has 0 amide bonds. The van der Waals surface area contributed by atoms with Gasteiger partial charge in [-0.1, -0.05) is 23.8 Å². The van der Waals surface area contributed by atoms with Crippen LogP contribution in [0.3, 0.4) is 0 Å². The highest BCUT2D eigenvalue weighted by molar-refractivity contribution is 5.93. The maximum atomic E-state index is 9.53. The van der Waals surface area contributed by atoms with Crippen molar-refractivity contribution < 1.29 is 5.11 Å². The van der Waals surface area contributed by atoms with Crippen LogP contribution in [0.4, 0.5) is 0 Å². The quantitative estimate of drug-likeness (QED) is 0.666. The van der Waals surface area contributed by atoms with E-state index in [2.05, 4.69) is 29.3 Å². The van der Waals surface area contributed by atoms with Crippen molar-refractivity contribution in [2.24, 2.45) is 0 Å². The Labute approximate surface area is 98.7 Å². The average Bonchev–Trinajstić information content (AvgIpc) is 2.71. The smallest absolute Gasteiger partial charge is 0.116 e. The van der Waals surface area contributed by atoms with E-state index in [0.29, 0.717) is 0 Å². The lowest BCUT2D eigenvalue weighted by atomic mass is 10.1. The van der Waals surface area contributed by atoms with Crippen LogP contribution >= 0.6 is 0 Å². The van der Waals surface area contributed by atoms with Crippen molar-refractivity contribution in [1.29, 1.82) is 0 Å². The summed E-state index contributed by atoms with van der Waals surface area (Å²) in [6, 6.07) is 13.4. The van der Waals surface area contributed by atoms with E-state index in [0.717, 1.165) is 22.2 Å². The summed E-state index contributed by atoms with van der Waals surface area (Å²) in [5.74, 6) is 0.257. The molecule has 2 aromatic carbocycles. The summed E-state index contributed by atoms with van der Waals surface area (Å²) in [4.78, 5) is 0. The van der Waals surface area contributed by atoms with E-state index in [1.165, 1.54) is 5.56 Å². The zero-order chi connectivity index (χ0) is 11.8. The van der Waals surface area contributed by atoms with Crippen molar-refractivity contribution in [2.45, 2.75) is 6.92 Å². The Morgan fingerprint density at radius 3 is 2.82 bits per heavy atom. The number of benzene rings is 2. The molecule has 84 valence electrons. The fraction of sp³-hybridized carbons (Fsp3) is 0.0714. The second-order valence-electron chi connectivity index (χ2n) is 4.17. The van der Waals surface area contributed by atoms with E-state index in [-0.39, 0.29) is 5.75 Å². The first-order chi connectivity index (χ1) is 8.24. The highest BCUT2D eigenvalue weighted by Gasteiger charge is 2.08. The minimum Gasteiger partial charge on any atom is -0.508 e. The Hall–Kier alpha value is -2.29. The van der Waals surface area contributed by atoms with Gasteiger partial charge >= 0.3 is 0 Å². The normalized spacial score (nSPS) is 10.9. The number of hydrogen-bond acceptors (Lipinski definition) is 2. The maximum absolute atomic E-state index is 9.53. The van der Waals surface area contributed by atoms with Gasteiger partial charge in [0.05, 0.1) is 5.52 Å². The third kappa shape index (κ3) is 1.65. The van der Waals surface area contributed by atoms with E-state index < -0.39 is 0 Å². The molecule has 0 unspecified atom stereocenters.